The van der Waals surface area contributed by atoms with E-state index in [-0.39, 0.29) is 6.04 Å². The average molecular weight is 316 g/mol. The van der Waals surface area contributed by atoms with Crippen molar-refractivity contribution in [3.8, 4) is 0 Å². The van der Waals surface area contributed by atoms with Gasteiger partial charge in [0, 0.05) is 24.0 Å². The third-order valence-electron chi connectivity index (χ3n) is 3.77. The first-order valence-electron chi connectivity index (χ1n) is 7.28. The Hall–Kier alpha value is -0.430. The van der Waals surface area contributed by atoms with E-state index in [0.29, 0.717) is 16.7 Å². The molecule has 1 atom stereocenters. The van der Waals surface area contributed by atoms with Gasteiger partial charge in [0.25, 0.3) is 10.0 Å². The molecule has 1 N–H and O–H groups in total. The molecule has 0 aromatic carbocycles. The molecule has 1 aromatic heterocycles. The van der Waals surface area contributed by atoms with Gasteiger partial charge in [-0.2, -0.15) is 4.31 Å². The zero-order chi connectivity index (χ0) is 14.8. The maximum absolute atomic E-state index is 12.8. The second kappa shape index (κ2) is 6.56. The lowest BCUT2D eigenvalue weighted by Gasteiger charge is -2.26. The number of sulfonamides is 1. The van der Waals surface area contributed by atoms with Gasteiger partial charge in [0.2, 0.25) is 0 Å². The Morgan fingerprint density at radius 2 is 2.20 bits per heavy atom. The SMILES string of the molecule is CCNCc1ccc(S(=O)(=O)N2CCCC2C(C)C)s1. The summed E-state index contributed by atoms with van der Waals surface area (Å²) in [7, 11) is -3.31. The van der Waals surface area contributed by atoms with Crippen LogP contribution in [-0.4, -0.2) is 31.9 Å². The molecule has 0 saturated carbocycles. The van der Waals surface area contributed by atoms with Gasteiger partial charge in [-0.25, -0.2) is 8.42 Å². The van der Waals surface area contributed by atoms with E-state index in [9.17, 15) is 8.42 Å². The number of hydrogen-bond acceptors (Lipinski definition) is 4. The maximum atomic E-state index is 12.8. The number of nitrogens with zero attached hydrogens (tertiary/aromatic N) is 1. The van der Waals surface area contributed by atoms with Crippen LogP contribution in [0.5, 0.6) is 0 Å². The fourth-order valence-electron chi connectivity index (χ4n) is 2.69. The van der Waals surface area contributed by atoms with Crippen LogP contribution in [0.15, 0.2) is 16.3 Å². The zero-order valence-corrected chi connectivity index (χ0v) is 14.1. The van der Waals surface area contributed by atoms with Crippen molar-refractivity contribution in [3.05, 3.63) is 17.0 Å². The third-order valence-corrected chi connectivity index (χ3v) is 7.24. The van der Waals surface area contributed by atoms with Crippen molar-refractivity contribution in [3.63, 3.8) is 0 Å². The quantitative estimate of drug-likeness (QED) is 0.878. The number of nitrogens with one attached hydrogen (secondary N) is 1. The van der Waals surface area contributed by atoms with E-state index in [0.717, 1.165) is 30.8 Å². The van der Waals surface area contributed by atoms with Crippen LogP contribution in [0.3, 0.4) is 0 Å². The number of rotatable bonds is 6. The molecule has 1 fully saturated rings. The summed E-state index contributed by atoms with van der Waals surface area (Å²) in [6.07, 6.45) is 1.95. The monoisotopic (exact) mass is 316 g/mol. The molecule has 0 radical (unpaired) electrons. The number of thiophene rings is 1. The molecule has 0 aliphatic carbocycles. The van der Waals surface area contributed by atoms with Crippen molar-refractivity contribution in [2.24, 2.45) is 5.92 Å². The van der Waals surface area contributed by atoms with E-state index in [1.165, 1.54) is 11.3 Å². The Morgan fingerprint density at radius 1 is 1.45 bits per heavy atom. The molecular weight excluding hydrogens is 292 g/mol. The molecule has 1 aliphatic heterocycles. The van der Waals surface area contributed by atoms with E-state index in [2.05, 4.69) is 19.2 Å². The molecule has 4 nitrogen and oxygen atoms in total. The van der Waals surface area contributed by atoms with Gasteiger partial charge in [0.15, 0.2) is 0 Å². The van der Waals surface area contributed by atoms with Crippen LogP contribution >= 0.6 is 11.3 Å². The van der Waals surface area contributed by atoms with E-state index in [1.54, 1.807) is 10.4 Å². The van der Waals surface area contributed by atoms with Crippen molar-refractivity contribution in [1.29, 1.82) is 0 Å². The van der Waals surface area contributed by atoms with Gasteiger partial charge >= 0.3 is 0 Å². The molecule has 0 bridgehead atoms. The van der Waals surface area contributed by atoms with Crippen LogP contribution in [0.4, 0.5) is 0 Å². The van der Waals surface area contributed by atoms with E-state index in [1.807, 2.05) is 13.0 Å². The van der Waals surface area contributed by atoms with Gasteiger partial charge in [-0.15, -0.1) is 11.3 Å². The van der Waals surface area contributed by atoms with Gasteiger partial charge in [-0.05, 0) is 37.4 Å². The summed E-state index contributed by atoms with van der Waals surface area (Å²) in [5, 5.41) is 3.23. The predicted molar refractivity (Wildman–Crippen MR) is 83.5 cm³/mol. The van der Waals surface area contributed by atoms with Gasteiger partial charge in [0.1, 0.15) is 4.21 Å². The lowest BCUT2D eigenvalue weighted by Crippen LogP contribution is -2.38. The first kappa shape index (κ1) is 15.9. The van der Waals surface area contributed by atoms with E-state index in [4.69, 9.17) is 0 Å². The van der Waals surface area contributed by atoms with E-state index < -0.39 is 10.0 Å². The first-order valence-corrected chi connectivity index (χ1v) is 9.53. The van der Waals surface area contributed by atoms with Crippen LogP contribution in [-0.2, 0) is 16.6 Å². The summed E-state index contributed by atoms with van der Waals surface area (Å²) >= 11 is 1.39. The Balaban J connectivity index is 2.19. The largest absolute Gasteiger partial charge is 0.312 e. The molecule has 1 unspecified atom stereocenters. The predicted octanol–water partition coefficient (Wildman–Crippen LogP) is 2.67. The van der Waals surface area contributed by atoms with E-state index >= 15 is 0 Å². The Bertz CT molecular complexity index is 537. The lowest BCUT2D eigenvalue weighted by molar-refractivity contribution is 0.316. The summed E-state index contributed by atoms with van der Waals surface area (Å²) in [4.78, 5) is 1.07. The van der Waals surface area contributed by atoms with Crippen LogP contribution in [0.25, 0.3) is 0 Å². The van der Waals surface area contributed by atoms with Gasteiger partial charge < -0.3 is 5.32 Å². The highest BCUT2D eigenvalue weighted by atomic mass is 32.2. The Kier molecular flexibility index (Phi) is 5.23. The molecule has 2 heterocycles. The smallest absolute Gasteiger partial charge is 0.252 e. The van der Waals surface area contributed by atoms with Gasteiger partial charge in [-0.3, -0.25) is 0 Å². The highest BCUT2D eigenvalue weighted by Crippen LogP contribution is 2.32. The minimum atomic E-state index is -3.31. The molecule has 1 aromatic rings. The van der Waals surface area contributed by atoms with Crippen molar-refractivity contribution in [2.45, 2.75) is 50.4 Å². The summed E-state index contributed by atoms with van der Waals surface area (Å²) in [5.41, 5.74) is 0. The molecule has 20 heavy (non-hydrogen) atoms. The molecular formula is C14H24N2O2S2. The minimum Gasteiger partial charge on any atom is -0.312 e. The van der Waals surface area contributed by atoms with Crippen molar-refractivity contribution >= 4 is 21.4 Å². The Morgan fingerprint density at radius 3 is 2.85 bits per heavy atom. The van der Waals surface area contributed by atoms with Crippen LogP contribution in [0.2, 0.25) is 0 Å². The minimum absolute atomic E-state index is 0.152. The molecule has 1 saturated heterocycles. The second-order valence-corrected chi connectivity index (χ2v) is 8.86. The lowest BCUT2D eigenvalue weighted by atomic mass is 10.0. The highest BCUT2D eigenvalue weighted by Gasteiger charge is 2.37. The summed E-state index contributed by atoms with van der Waals surface area (Å²) < 4.78 is 27.7. The van der Waals surface area contributed by atoms with Crippen LogP contribution < -0.4 is 5.32 Å². The number of hydrogen-bond donors (Lipinski definition) is 1. The van der Waals surface area contributed by atoms with Crippen molar-refractivity contribution in [2.75, 3.05) is 13.1 Å². The third kappa shape index (κ3) is 3.24. The molecule has 2 rings (SSSR count). The fraction of sp³-hybridized carbons (Fsp3) is 0.714. The fourth-order valence-corrected chi connectivity index (χ4v) is 5.97. The standard InChI is InChI=1S/C14H24N2O2S2/c1-4-15-10-12-7-8-14(19-12)20(17,18)16-9-5-6-13(16)11(2)3/h7-8,11,13,15H,4-6,9-10H2,1-3H3. The topological polar surface area (TPSA) is 49.4 Å². The average Bonchev–Trinajstić information content (AvgIpc) is 3.05. The van der Waals surface area contributed by atoms with Gasteiger partial charge in [-0.1, -0.05) is 20.8 Å². The van der Waals surface area contributed by atoms with Gasteiger partial charge in [0.05, 0.1) is 0 Å². The molecule has 0 spiro atoms. The molecule has 0 amide bonds. The summed E-state index contributed by atoms with van der Waals surface area (Å²) in [6, 6.07) is 3.82. The second-order valence-electron chi connectivity index (χ2n) is 5.57. The summed E-state index contributed by atoms with van der Waals surface area (Å²) in [6.45, 7) is 8.53. The molecule has 114 valence electrons. The zero-order valence-electron chi connectivity index (χ0n) is 12.4. The molecule has 1 aliphatic rings. The maximum Gasteiger partial charge on any atom is 0.252 e. The summed E-state index contributed by atoms with van der Waals surface area (Å²) in [5.74, 6) is 0.369. The van der Waals surface area contributed by atoms with Crippen molar-refractivity contribution in [1.82, 2.24) is 9.62 Å². The first-order chi connectivity index (χ1) is 9.46. The molecule has 6 heteroatoms. The van der Waals surface area contributed by atoms with Crippen molar-refractivity contribution < 1.29 is 8.42 Å². The van der Waals surface area contributed by atoms with Crippen LogP contribution in [0, 0.1) is 5.92 Å². The normalized spacial score (nSPS) is 20.9. The van der Waals surface area contributed by atoms with Crippen LogP contribution in [0.1, 0.15) is 38.5 Å². The Labute approximate surface area is 126 Å². The highest BCUT2D eigenvalue weighted by molar-refractivity contribution is 7.91.